The molecule has 2 unspecified atom stereocenters. The van der Waals surface area contributed by atoms with Crippen LogP contribution in [0.25, 0.3) is 0 Å². The maximum Gasteiger partial charge on any atom is 0.344 e. The molecule has 1 aliphatic rings. The lowest BCUT2D eigenvalue weighted by Gasteiger charge is -2.34. The molecule has 0 aromatic heterocycles. The van der Waals surface area contributed by atoms with Crippen molar-refractivity contribution < 1.29 is 23.7 Å². The number of hydrogen-bond donors (Lipinski definition) is 0. The lowest BCUT2D eigenvalue weighted by Crippen LogP contribution is -2.36. The van der Waals surface area contributed by atoms with E-state index in [2.05, 4.69) is 32.9 Å². The van der Waals surface area contributed by atoms with Crippen molar-refractivity contribution in [1.29, 1.82) is 0 Å². The lowest BCUT2D eigenvalue weighted by atomic mass is 9.77. The van der Waals surface area contributed by atoms with Crippen LogP contribution in [0, 0.1) is 0 Å². The number of benzene rings is 2. The molecule has 0 spiro atoms. The SMILES string of the molecule is CCCCOCC1c2ccccc2OC1(CC)c1ccc(OCC(=O)OCCCC)cc1. The standard InChI is InChI=1S/C27H36O5/c1-4-7-17-29-19-24-23-11-9-10-12-25(23)32-27(24,6-3)21-13-15-22(16-14-21)31-20-26(28)30-18-8-5-2/h9-16,24H,4-8,17-20H2,1-3H3. The Labute approximate surface area is 192 Å². The molecule has 174 valence electrons. The van der Waals surface area contributed by atoms with Gasteiger partial charge in [-0.15, -0.1) is 0 Å². The van der Waals surface area contributed by atoms with Gasteiger partial charge >= 0.3 is 5.97 Å². The molecule has 2 aromatic carbocycles. The first-order chi connectivity index (χ1) is 15.6. The van der Waals surface area contributed by atoms with Crippen LogP contribution in [-0.2, 0) is 19.9 Å². The van der Waals surface area contributed by atoms with Crippen molar-refractivity contribution in [3.63, 3.8) is 0 Å². The number of ether oxygens (including phenoxy) is 4. The Bertz CT molecular complexity index is 847. The van der Waals surface area contributed by atoms with Gasteiger partial charge in [-0.3, -0.25) is 0 Å². The van der Waals surface area contributed by atoms with Gasteiger partial charge < -0.3 is 18.9 Å². The highest BCUT2D eigenvalue weighted by atomic mass is 16.6. The molecular weight excluding hydrogens is 404 g/mol. The molecule has 1 aliphatic heterocycles. The Kier molecular flexibility index (Phi) is 8.98. The van der Waals surface area contributed by atoms with Crippen LogP contribution >= 0.6 is 0 Å². The Morgan fingerprint density at radius 3 is 2.41 bits per heavy atom. The topological polar surface area (TPSA) is 54.0 Å². The predicted molar refractivity (Wildman–Crippen MR) is 125 cm³/mol. The summed E-state index contributed by atoms with van der Waals surface area (Å²) < 4.78 is 23.4. The molecule has 2 aromatic rings. The number of unbranched alkanes of at least 4 members (excludes halogenated alkanes) is 2. The molecule has 32 heavy (non-hydrogen) atoms. The first-order valence-electron chi connectivity index (χ1n) is 11.9. The third-order valence-corrected chi connectivity index (χ3v) is 6.06. The number of rotatable bonds is 13. The predicted octanol–water partition coefficient (Wildman–Crippen LogP) is 6.01. The maximum absolute atomic E-state index is 11.8. The number of para-hydroxylation sites is 1. The summed E-state index contributed by atoms with van der Waals surface area (Å²) in [5.41, 5.74) is 1.78. The number of fused-ring (bicyclic) bond motifs is 1. The van der Waals surface area contributed by atoms with E-state index in [1.807, 2.05) is 36.4 Å². The van der Waals surface area contributed by atoms with Gasteiger partial charge in [-0.1, -0.05) is 63.9 Å². The van der Waals surface area contributed by atoms with Crippen LogP contribution in [0.4, 0.5) is 0 Å². The monoisotopic (exact) mass is 440 g/mol. The average Bonchev–Trinajstić information content (AvgIpc) is 3.15. The quantitative estimate of drug-likeness (QED) is 0.282. The molecule has 0 bridgehead atoms. The van der Waals surface area contributed by atoms with Crippen molar-refractivity contribution in [1.82, 2.24) is 0 Å². The van der Waals surface area contributed by atoms with E-state index in [-0.39, 0.29) is 18.5 Å². The molecule has 1 heterocycles. The summed E-state index contributed by atoms with van der Waals surface area (Å²) >= 11 is 0. The third-order valence-electron chi connectivity index (χ3n) is 6.06. The van der Waals surface area contributed by atoms with Gasteiger partial charge in [0.1, 0.15) is 17.1 Å². The highest BCUT2D eigenvalue weighted by Gasteiger charge is 2.48. The normalized spacial score (nSPS) is 19.3. The summed E-state index contributed by atoms with van der Waals surface area (Å²) in [6, 6.07) is 16.1. The summed E-state index contributed by atoms with van der Waals surface area (Å²) in [5, 5.41) is 0. The number of carbonyl (C=O) groups excluding carboxylic acids is 1. The highest BCUT2D eigenvalue weighted by Crippen LogP contribution is 2.52. The van der Waals surface area contributed by atoms with Gasteiger partial charge in [0, 0.05) is 12.2 Å². The fourth-order valence-electron chi connectivity index (χ4n) is 4.18. The Hall–Kier alpha value is -2.53. The average molecular weight is 441 g/mol. The second-order valence-electron chi connectivity index (χ2n) is 8.25. The molecule has 0 amide bonds. The van der Waals surface area contributed by atoms with Crippen LogP contribution in [0.1, 0.15) is 69.9 Å². The van der Waals surface area contributed by atoms with Gasteiger partial charge in [0.05, 0.1) is 19.1 Å². The van der Waals surface area contributed by atoms with Gasteiger partial charge in [0.2, 0.25) is 0 Å². The van der Waals surface area contributed by atoms with Crippen LogP contribution in [-0.4, -0.2) is 32.4 Å². The van der Waals surface area contributed by atoms with Crippen molar-refractivity contribution in [3.8, 4) is 11.5 Å². The van der Waals surface area contributed by atoms with Crippen LogP contribution < -0.4 is 9.47 Å². The largest absolute Gasteiger partial charge is 0.482 e. The van der Waals surface area contributed by atoms with E-state index < -0.39 is 5.60 Å². The summed E-state index contributed by atoms with van der Waals surface area (Å²) in [4.78, 5) is 11.8. The molecule has 0 saturated carbocycles. The van der Waals surface area contributed by atoms with Crippen LogP contribution in [0.3, 0.4) is 0 Å². The van der Waals surface area contributed by atoms with Gasteiger partial charge in [-0.25, -0.2) is 4.79 Å². The summed E-state index contributed by atoms with van der Waals surface area (Å²) in [6.45, 7) is 8.12. The van der Waals surface area contributed by atoms with Gasteiger partial charge in [0.15, 0.2) is 6.61 Å². The van der Waals surface area contributed by atoms with Crippen molar-refractivity contribution in [2.24, 2.45) is 0 Å². The number of esters is 1. The Morgan fingerprint density at radius 1 is 0.969 bits per heavy atom. The summed E-state index contributed by atoms with van der Waals surface area (Å²) in [6.07, 6.45) is 4.84. The van der Waals surface area contributed by atoms with Gasteiger partial charge in [-0.2, -0.15) is 0 Å². The zero-order valence-electron chi connectivity index (χ0n) is 19.6. The number of hydrogen-bond acceptors (Lipinski definition) is 5. The molecule has 5 nitrogen and oxygen atoms in total. The fraction of sp³-hybridized carbons (Fsp3) is 0.519. The molecule has 0 aliphatic carbocycles. The minimum absolute atomic E-state index is 0.0855. The van der Waals surface area contributed by atoms with E-state index in [1.54, 1.807) is 0 Å². The second kappa shape index (κ2) is 11.9. The van der Waals surface area contributed by atoms with E-state index in [0.717, 1.165) is 50.0 Å². The smallest absolute Gasteiger partial charge is 0.344 e. The van der Waals surface area contributed by atoms with E-state index in [9.17, 15) is 4.79 Å². The molecule has 3 rings (SSSR count). The Morgan fingerprint density at radius 2 is 1.69 bits per heavy atom. The molecule has 0 fully saturated rings. The fourth-order valence-corrected chi connectivity index (χ4v) is 4.18. The molecule has 0 N–H and O–H groups in total. The van der Waals surface area contributed by atoms with Crippen molar-refractivity contribution in [2.75, 3.05) is 26.4 Å². The van der Waals surface area contributed by atoms with Gasteiger partial charge in [-0.05, 0) is 43.0 Å². The second-order valence-corrected chi connectivity index (χ2v) is 8.25. The molecule has 0 saturated heterocycles. The van der Waals surface area contributed by atoms with Crippen LogP contribution in [0.5, 0.6) is 11.5 Å². The first-order valence-corrected chi connectivity index (χ1v) is 11.9. The Balaban J connectivity index is 1.72. The van der Waals surface area contributed by atoms with Crippen molar-refractivity contribution in [3.05, 3.63) is 59.7 Å². The van der Waals surface area contributed by atoms with E-state index in [0.29, 0.717) is 19.0 Å². The third kappa shape index (κ3) is 5.63. The molecule has 5 heteroatoms. The minimum atomic E-state index is -0.493. The molecular formula is C27H36O5. The zero-order valence-corrected chi connectivity index (χ0v) is 19.6. The van der Waals surface area contributed by atoms with Crippen LogP contribution in [0.2, 0.25) is 0 Å². The van der Waals surface area contributed by atoms with Crippen molar-refractivity contribution in [2.45, 2.75) is 64.4 Å². The maximum atomic E-state index is 11.8. The zero-order chi connectivity index (χ0) is 22.8. The van der Waals surface area contributed by atoms with E-state index >= 15 is 0 Å². The van der Waals surface area contributed by atoms with Crippen molar-refractivity contribution >= 4 is 5.97 Å². The van der Waals surface area contributed by atoms with Crippen LogP contribution in [0.15, 0.2) is 48.5 Å². The lowest BCUT2D eigenvalue weighted by molar-refractivity contribution is -0.146. The highest BCUT2D eigenvalue weighted by molar-refractivity contribution is 5.71. The minimum Gasteiger partial charge on any atom is -0.482 e. The van der Waals surface area contributed by atoms with E-state index in [1.165, 1.54) is 5.56 Å². The molecule has 2 atom stereocenters. The summed E-state index contributed by atoms with van der Waals surface area (Å²) in [7, 11) is 0. The van der Waals surface area contributed by atoms with Gasteiger partial charge in [0.25, 0.3) is 0 Å². The van der Waals surface area contributed by atoms with E-state index in [4.69, 9.17) is 18.9 Å². The number of carbonyl (C=O) groups is 1. The first kappa shape index (κ1) is 24.1. The molecule has 0 radical (unpaired) electrons. The summed E-state index contributed by atoms with van der Waals surface area (Å²) in [5.74, 6) is 1.33.